The molecule has 0 unspecified atom stereocenters. The molecule has 2 aliphatic rings. The fourth-order valence-corrected chi connectivity index (χ4v) is 4.33. The summed E-state index contributed by atoms with van der Waals surface area (Å²) < 4.78 is 5.79. The molecule has 0 bridgehead atoms. The van der Waals surface area contributed by atoms with Gasteiger partial charge >= 0.3 is 5.97 Å². The number of amides is 1. The van der Waals surface area contributed by atoms with Gasteiger partial charge in [0.05, 0.1) is 11.1 Å². The number of furan rings is 1. The lowest BCUT2D eigenvalue weighted by molar-refractivity contribution is -0.114. The van der Waals surface area contributed by atoms with E-state index in [9.17, 15) is 14.7 Å². The lowest BCUT2D eigenvalue weighted by Crippen LogP contribution is -2.35. The van der Waals surface area contributed by atoms with Crippen molar-refractivity contribution >= 4 is 45.8 Å². The summed E-state index contributed by atoms with van der Waals surface area (Å²) >= 11 is 1.28. The van der Waals surface area contributed by atoms with Crippen molar-refractivity contribution in [3.63, 3.8) is 0 Å². The van der Waals surface area contributed by atoms with Crippen LogP contribution in [-0.4, -0.2) is 38.0 Å². The zero-order chi connectivity index (χ0) is 22.9. The summed E-state index contributed by atoms with van der Waals surface area (Å²) in [6.07, 6.45) is 2.03. The Labute approximate surface area is 192 Å². The lowest BCUT2D eigenvalue weighted by atomic mass is 10.1. The monoisotopic (exact) mass is 456 g/mol. The molecule has 2 aliphatic heterocycles. The maximum absolute atomic E-state index is 12.6. The first-order chi connectivity index (χ1) is 16.0. The van der Waals surface area contributed by atoms with E-state index in [-0.39, 0.29) is 17.0 Å². The average Bonchev–Trinajstić information content (AvgIpc) is 3.44. The molecule has 33 heavy (non-hydrogen) atoms. The van der Waals surface area contributed by atoms with E-state index < -0.39 is 11.9 Å². The molecule has 1 amide bonds. The van der Waals surface area contributed by atoms with Crippen molar-refractivity contribution < 1.29 is 19.1 Å². The van der Waals surface area contributed by atoms with Gasteiger partial charge in [0.2, 0.25) is 5.17 Å². The summed E-state index contributed by atoms with van der Waals surface area (Å²) in [7, 11) is 0. The Balaban J connectivity index is 1.39. The minimum atomic E-state index is -1.03. The van der Waals surface area contributed by atoms with E-state index in [1.54, 1.807) is 24.3 Å². The van der Waals surface area contributed by atoms with Gasteiger partial charge in [-0.3, -0.25) is 10.2 Å². The first kappa shape index (κ1) is 20.7. The minimum Gasteiger partial charge on any atom is -0.478 e. The lowest BCUT2D eigenvalue weighted by Gasteiger charge is -2.19. The average molecular weight is 456 g/mol. The van der Waals surface area contributed by atoms with E-state index in [1.165, 1.54) is 35.0 Å². The number of nitrogens with one attached hydrogen (secondary N) is 1. The normalized spacial score (nSPS) is 16.6. The first-order valence-corrected chi connectivity index (χ1v) is 10.8. The molecule has 9 heteroatoms. The smallest absolute Gasteiger partial charge is 0.335 e. The van der Waals surface area contributed by atoms with E-state index in [4.69, 9.17) is 9.83 Å². The predicted molar refractivity (Wildman–Crippen MR) is 126 cm³/mol. The number of benzene rings is 2. The SMILES string of the molecule is N=C1C(=Cc2ccc(-c3cccc(C(=O)O)c3)o2)C(=O)N=C2SC(Cc3ccccc3)=NN12. The standard InChI is InChI=1S/C24H16N4O4S/c25-21-18(13-17-9-10-19(32-17)15-7-4-8-16(12-15)23(30)31)22(29)26-24-28(21)27-20(33-24)11-14-5-2-1-3-6-14/h1-10,12-13,25H,11H2,(H,30,31). The number of hydrazone groups is 1. The largest absolute Gasteiger partial charge is 0.478 e. The fourth-order valence-electron chi connectivity index (χ4n) is 3.41. The maximum atomic E-state index is 12.6. The number of carboxylic acid groups (broad SMARTS) is 1. The number of carboxylic acids is 1. The molecule has 2 aromatic carbocycles. The van der Waals surface area contributed by atoms with Gasteiger partial charge < -0.3 is 9.52 Å². The molecule has 0 fully saturated rings. The highest BCUT2D eigenvalue weighted by Crippen LogP contribution is 2.30. The molecule has 3 aromatic rings. The zero-order valence-electron chi connectivity index (χ0n) is 17.1. The van der Waals surface area contributed by atoms with Crippen LogP contribution >= 0.6 is 11.8 Å². The second-order valence-electron chi connectivity index (χ2n) is 7.26. The van der Waals surface area contributed by atoms with Crippen molar-refractivity contribution in [3.8, 4) is 11.3 Å². The van der Waals surface area contributed by atoms with Crippen LogP contribution in [0.3, 0.4) is 0 Å². The molecule has 0 spiro atoms. The van der Waals surface area contributed by atoms with Crippen LogP contribution in [0.5, 0.6) is 0 Å². The highest BCUT2D eigenvalue weighted by Gasteiger charge is 2.35. The van der Waals surface area contributed by atoms with E-state index in [0.717, 1.165) is 10.6 Å². The summed E-state index contributed by atoms with van der Waals surface area (Å²) in [6.45, 7) is 0. The Kier molecular flexibility index (Phi) is 5.23. The molecule has 0 saturated heterocycles. The van der Waals surface area contributed by atoms with E-state index in [2.05, 4.69) is 10.1 Å². The number of hydrogen-bond donors (Lipinski definition) is 2. The number of aromatic carboxylic acids is 1. The molecule has 2 N–H and O–H groups in total. The van der Waals surface area contributed by atoms with Crippen molar-refractivity contribution in [1.82, 2.24) is 5.01 Å². The first-order valence-electron chi connectivity index (χ1n) is 9.94. The number of nitrogens with zero attached hydrogens (tertiary/aromatic N) is 3. The van der Waals surface area contributed by atoms with Crippen LogP contribution < -0.4 is 0 Å². The molecule has 5 rings (SSSR count). The number of thioether (sulfide) groups is 1. The van der Waals surface area contributed by atoms with E-state index in [1.807, 2.05) is 30.3 Å². The molecule has 0 aliphatic carbocycles. The second-order valence-corrected chi connectivity index (χ2v) is 8.30. The van der Waals surface area contributed by atoms with Crippen LogP contribution in [0.15, 0.2) is 86.8 Å². The van der Waals surface area contributed by atoms with Gasteiger partial charge in [0, 0.05) is 12.0 Å². The predicted octanol–water partition coefficient (Wildman–Crippen LogP) is 4.51. The summed E-state index contributed by atoms with van der Waals surface area (Å²) in [5, 5.41) is 24.6. The molecule has 162 valence electrons. The maximum Gasteiger partial charge on any atom is 0.335 e. The Morgan fingerprint density at radius 3 is 2.73 bits per heavy atom. The number of fused-ring (bicyclic) bond motifs is 1. The summed E-state index contributed by atoms with van der Waals surface area (Å²) in [4.78, 5) is 27.9. The Bertz CT molecular complexity index is 1390. The van der Waals surface area contributed by atoms with Crippen molar-refractivity contribution in [3.05, 3.63) is 89.2 Å². The molecule has 0 atom stereocenters. The highest BCUT2D eigenvalue weighted by atomic mass is 32.2. The fraction of sp³-hybridized carbons (Fsp3) is 0.0417. The molecule has 3 heterocycles. The molecular formula is C24H16N4O4S. The van der Waals surface area contributed by atoms with Gasteiger partial charge in [-0.2, -0.15) is 15.1 Å². The summed E-state index contributed by atoms with van der Waals surface area (Å²) in [5.41, 5.74) is 1.87. The molecule has 0 radical (unpaired) electrons. The van der Waals surface area contributed by atoms with Gasteiger partial charge in [-0.05, 0) is 47.7 Å². The van der Waals surface area contributed by atoms with Crippen LogP contribution in [0.2, 0.25) is 0 Å². The zero-order valence-corrected chi connectivity index (χ0v) is 17.9. The van der Waals surface area contributed by atoms with Gasteiger partial charge in [-0.1, -0.05) is 42.5 Å². The summed E-state index contributed by atoms with van der Waals surface area (Å²) in [5.74, 6) is -0.856. The van der Waals surface area contributed by atoms with Crippen LogP contribution in [0.25, 0.3) is 17.4 Å². The molecule has 0 saturated carbocycles. The van der Waals surface area contributed by atoms with Crippen LogP contribution in [-0.2, 0) is 11.2 Å². The van der Waals surface area contributed by atoms with Gasteiger partial charge in [0.25, 0.3) is 5.91 Å². The van der Waals surface area contributed by atoms with Gasteiger partial charge in [-0.25, -0.2) is 4.79 Å². The topological polar surface area (TPSA) is 119 Å². The van der Waals surface area contributed by atoms with Crippen LogP contribution in [0.4, 0.5) is 0 Å². The third kappa shape index (κ3) is 4.13. The van der Waals surface area contributed by atoms with E-state index in [0.29, 0.717) is 28.7 Å². The number of hydrogen-bond acceptors (Lipinski definition) is 6. The molecular weight excluding hydrogens is 440 g/mol. The number of carbonyl (C=O) groups is 2. The van der Waals surface area contributed by atoms with Crippen molar-refractivity contribution in [1.29, 1.82) is 5.41 Å². The number of amidine groups is 2. The summed E-state index contributed by atoms with van der Waals surface area (Å²) in [6, 6.07) is 19.5. The second kappa shape index (κ2) is 8.36. The molecule has 8 nitrogen and oxygen atoms in total. The van der Waals surface area contributed by atoms with Crippen molar-refractivity contribution in [2.45, 2.75) is 6.42 Å². The van der Waals surface area contributed by atoms with Crippen LogP contribution in [0, 0.1) is 5.41 Å². The Morgan fingerprint density at radius 2 is 1.94 bits per heavy atom. The Hall–Kier alpha value is -4.24. The van der Waals surface area contributed by atoms with Crippen molar-refractivity contribution in [2.24, 2.45) is 10.1 Å². The molecule has 1 aromatic heterocycles. The third-order valence-corrected chi connectivity index (χ3v) is 5.91. The Morgan fingerprint density at radius 1 is 1.12 bits per heavy atom. The number of aliphatic imine (C=N–C) groups is 1. The van der Waals surface area contributed by atoms with Crippen molar-refractivity contribution in [2.75, 3.05) is 0 Å². The van der Waals surface area contributed by atoms with E-state index >= 15 is 0 Å². The van der Waals surface area contributed by atoms with Crippen LogP contribution in [0.1, 0.15) is 21.7 Å². The van der Waals surface area contributed by atoms with Gasteiger partial charge in [0.15, 0.2) is 5.84 Å². The third-order valence-electron chi connectivity index (χ3n) is 5.00. The highest BCUT2D eigenvalue weighted by molar-refractivity contribution is 8.26. The quantitative estimate of drug-likeness (QED) is 0.545. The minimum absolute atomic E-state index is 0.0595. The number of carbonyl (C=O) groups excluding carboxylic acids is 1. The van der Waals surface area contributed by atoms with Gasteiger partial charge in [-0.15, -0.1) is 0 Å². The van der Waals surface area contributed by atoms with Gasteiger partial charge in [0.1, 0.15) is 16.6 Å². The number of rotatable bonds is 5.